The molecule has 0 radical (unpaired) electrons. The quantitative estimate of drug-likeness (QED) is 0.793. The van der Waals surface area contributed by atoms with E-state index in [-0.39, 0.29) is 24.7 Å². The number of morpholine rings is 1. The van der Waals surface area contributed by atoms with Crippen LogP contribution in [-0.2, 0) is 14.3 Å². The third-order valence-corrected chi connectivity index (χ3v) is 4.33. The lowest BCUT2D eigenvalue weighted by atomic mass is 10.00. The standard InChI is InChI=1S/C21H23NO4/c1-15-12-22(13-16(2)26-15)20(23)14-25-21(24)19-11-7-6-10-18(19)17-8-4-3-5-9-17/h3-11,15-16H,12-14H2,1-2H3/t15-,16+. The predicted molar refractivity (Wildman–Crippen MR) is 98.7 cm³/mol. The molecule has 0 spiro atoms. The number of ether oxygens (including phenoxy) is 2. The van der Waals surface area contributed by atoms with Gasteiger partial charge in [0.15, 0.2) is 6.61 Å². The Morgan fingerprint density at radius 1 is 1.00 bits per heavy atom. The molecule has 5 nitrogen and oxygen atoms in total. The van der Waals surface area contributed by atoms with Gasteiger partial charge in [-0.15, -0.1) is 0 Å². The summed E-state index contributed by atoms with van der Waals surface area (Å²) in [6, 6.07) is 16.9. The van der Waals surface area contributed by atoms with Gasteiger partial charge in [0.2, 0.25) is 0 Å². The van der Waals surface area contributed by atoms with E-state index in [9.17, 15) is 9.59 Å². The van der Waals surface area contributed by atoms with Gasteiger partial charge in [-0.2, -0.15) is 0 Å². The lowest BCUT2D eigenvalue weighted by Gasteiger charge is -2.35. The van der Waals surface area contributed by atoms with Gasteiger partial charge >= 0.3 is 5.97 Å². The van der Waals surface area contributed by atoms with Crippen molar-refractivity contribution in [2.45, 2.75) is 26.1 Å². The Hall–Kier alpha value is -2.66. The van der Waals surface area contributed by atoms with Crippen LogP contribution in [0.1, 0.15) is 24.2 Å². The Kier molecular flexibility index (Phi) is 5.68. The van der Waals surface area contributed by atoms with Crippen molar-refractivity contribution in [1.29, 1.82) is 0 Å². The van der Waals surface area contributed by atoms with E-state index in [1.54, 1.807) is 17.0 Å². The zero-order valence-electron chi connectivity index (χ0n) is 15.1. The topological polar surface area (TPSA) is 55.8 Å². The van der Waals surface area contributed by atoms with Crippen LogP contribution in [0.25, 0.3) is 11.1 Å². The minimum atomic E-state index is -0.493. The maximum atomic E-state index is 12.5. The molecule has 0 N–H and O–H groups in total. The lowest BCUT2D eigenvalue weighted by Crippen LogP contribution is -2.49. The summed E-state index contributed by atoms with van der Waals surface area (Å²) in [6.45, 7) is 4.63. The largest absolute Gasteiger partial charge is 0.452 e. The van der Waals surface area contributed by atoms with Gasteiger partial charge in [0.1, 0.15) is 0 Å². The van der Waals surface area contributed by atoms with Crippen LogP contribution < -0.4 is 0 Å². The van der Waals surface area contributed by atoms with E-state index >= 15 is 0 Å². The third-order valence-electron chi connectivity index (χ3n) is 4.33. The summed E-state index contributed by atoms with van der Waals surface area (Å²) in [7, 11) is 0. The van der Waals surface area contributed by atoms with Crippen molar-refractivity contribution < 1.29 is 19.1 Å². The van der Waals surface area contributed by atoms with Crippen molar-refractivity contribution >= 4 is 11.9 Å². The molecule has 5 heteroatoms. The van der Waals surface area contributed by atoms with Gasteiger partial charge in [-0.25, -0.2) is 4.79 Å². The molecule has 2 aromatic rings. The van der Waals surface area contributed by atoms with Crippen LogP contribution >= 0.6 is 0 Å². The van der Waals surface area contributed by atoms with E-state index < -0.39 is 5.97 Å². The van der Waals surface area contributed by atoms with Crippen LogP contribution in [0, 0.1) is 0 Å². The maximum absolute atomic E-state index is 12.5. The summed E-state index contributed by atoms with van der Waals surface area (Å²) in [5, 5.41) is 0. The second kappa shape index (κ2) is 8.15. The number of hydrogen-bond donors (Lipinski definition) is 0. The highest BCUT2D eigenvalue weighted by atomic mass is 16.5. The van der Waals surface area contributed by atoms with Gasteiger partial charge in [0.25, 0.3) is 5.91 Å². The number of rotatable bonds is 4. The highest BCUT2D eigenvalue weighted by Gasteiger charge is 2.26. The highest BCUT2D eigenvalue weighted by molar-refractivity contribution is 5.98. The lowest BCUT2D eigenvalue weighted by molar-refractivity contribution is -0.146. The molecule has 26 heavy (non-hydrogen) atoms. The third kappa shape index (κ3) is 4.29. The van der Waals surface area contributed by atoms with E-state index in [0.717, 1.165) is 11.1 Å². The number of carbonyl (C=O) groups excluding carboxylic acids is 2. The molecule has 2 aromatic carbocycles. The van der Waals surface area contributed by atoms with Crippen LogP contribution in [-0.4, -0.2) is 48.7 Å². The fourth-order valence-electron chi connectivity index (χ4n) is 3.21. The van der Waals surface area contributed by atoms with Crippen molar-refractivity contribution in [1.82, 2.24) is 4.90 Å². The van der Waals surface area contributed by atoms with Crippen molar-refractivity contribution in [2.75, 3.05) is 19.7 Å². The fraction of sp³-hybridized carbons (Fsp3) is 0.333. The zero-order chi connectivity index (χ0) is 18.5. The van der Waals surface area contributed by atoms with E-state index in [2.05, 4.69) is 0 Å². The molecule has 0 saturated carbocycles. The Balaban J connectivity index is 1.67. The summed E-state index contributed by atoms with van der Waals surface area (Å²) in [5.74, 6) is -0.690. The summed E-state index contributed by atoms with van der Waals surface area (Å²) in [6.07, 6.45) is -0.0329. The first-order valence-electron chi connectivity index (χ1n) is 8.79. The predicted octanol–water partition coefficient (Wildman–Crippen LogP) is 3.15. The van der Waals surface area contributed by atoms with Gasteiger partial charge in [-0.1, -0.05) is 48.5 Å². The molecule has 1 aliphatic heterocycles. The Labute approximate surface area is 153 Å². The van der Waals surface area contributed by atoms with E-state index in [0.29, 0.717) is 18.7 Å². The number of benzene rings is 2. The first-order valence-corrected chi connectivity index (χ1v) is 8.79. The van der Waals surface area contributed by atoms with Crippen LogP contribution in [0.4, 0.5) is 0 Å². The first-order chi connectivity index (χ1) is 12.5. The number of esters is 1. The molecular weight excluding hydrogens is 330 g/mol. The maximum Gasteiger partial charge on any atom is 0.339 e. The minimum absolute atomic E-state index is 0.0165. The molecule has 136 valence electrons. The van der Waals surface area contributed by atoms with Crippen molar-refractivity contribution in [3.05, 3.63) is 60.2 Å². The van der Waals surface area contributed by atoms with Crippen molar-refractivity contribution in [3.8, 4) is 11.1 Å². The molecule has 1 fully saturated rings. The molecule has 1 heterocycles. The smallest absolute Gasteiger partial charge is 0.339 e. The fourth-order valence-corrected chi connectivity index (χ4v) is 3.21. The number of hydrogen-bond acceptors (Lipinski definition) is 4. The first kappa shape index (κ1) is 18.1. The highest BCUT2D eigenvalue weighted by Crippen LogP contribution is 2.24. The van der Waals surface area contributed by atoms with Gasteiger partial charge in [0.05, 0.1) is 17.8 Å². The summed E-state index contributed by atoms with van der Waals surface area (Å²) >= 11 is 0. The molecule has 1 aliphatic rings. The van der Waals surface area contributed by atoms with Gasteiger partial charge in [-0.05, 0) is 31.0 Å². The van der Waals surface area contributed by atoms with Gasteiger partial charge in [0, 0.05) is 13.1 Å². The second-order valence-corrected chi connectivity index (χ2v) is 6.54. The van der Waals surface area contributed by atoms with Crippen LogP contribution in [0.5, 0.6) is 0 Å². The monoisotopic (exact) mass is 353 g/mol. The van der Waals surface area contributed by atoms with Crippen LogP contribution in [0.3, 0.4) is 0 Å². The molecule has 2 atom stereocenters. The Bertz CT molecular complexity index is 765. The van der Waals surface area contributed by atoms with Crippen molar-refractivity contribution in [3.63, 3.8) is 0 Å². The molecular formula is C21H23NO4. The number of amides is 1. The van der Waals surface area contributed by atoms with Gasteiger partial charge < -0.3 is 14.4 Å². The second-order valence-electron chi connectivity index (χ2n) is 6.54. The van der Waals surface area contributed by atoms with Gasteiger partial charge in [-0.3, -0.25) is 4.79 Å². The SMILES string of the molecule is C[C@@H]1CN(C(=O)COC(=O)c2ccccc2-c2ccccc2)C[C@H](C)O1. The number of carbonyl (C=O) groups is 2. The van der Waals surface area contributed by atoms with E-state index in [4.69, 9.17) is 9.47 Å². The van der Waals surface area contributed by atoms with Crippen molar-refractivity contribution in [2.24, 2.45) is 0 Å². The molecule has 0 unspecified atom stereocenters. The normalized spacial score (nSPS) is 19.8. The molecule has 1 saturated heterocycles. The summed E-state index contributed by atoms with van der Waals surface area (Å²) < 4.78 is 10.9. The molecule has 0 aromatic heterocycles. The Morgan fingerprint density at radius 2 is 1.62 bits per heavy atom. The Morgan fingerprint density at radius 3 is 2.31 bits per heavy atom. The number of nitrogens with zero attached hydrogens (tertiary/aromatic N) is 1. The molecule has 1 amide bonds. The van der Waals surface area contributed by atoms with E-state index in [1.807, 2.05) is 56.3 Å². The van der Waals surface area contributed by atoms with E-state index in [1.165, 1.54) is 0 Å². The average molecular weight is 353 g/mol. The summed E-state index contributed by atoms with van der Waals surface area (Å²) in [5.41, 5.74) is 2.18. The molecule has 0 bridgehead atoms. The van der Waals surface area contributed by atoms with Crippen LogP contribution in [0.2, 0.25) is 0 Å². The average Bonchev–Trinajstić information content (AvgIpc) is 2.65. The van der Waals surface area contributed by atoms with Crippen LogP contribution in [0.15, 0.2) is 54.6 Å². The summed E-state index contributed by atoms with van der Waals surface area (Å²) in [4.78, 5) is 26.6. The molecule has 0 aliphatic carbocycles. The minimum Gasteiger partial charge on any atom is -0.452 e. The zero-order valence-corrected chi connectivity index (χ0v) is 15.1. The molecule has 3 rings (SSSR count).